The van der Waals surface area contributed by atoms with Gasteiger partial charge in [0.15, 0.2) is 0 Å². The number of hydrogen-bond acceptors (Lipinski definition) is 5. The Morgan fingerprint density at radius 3 is 2.32 bits per heavy atom. The Morgan fingerprint density at radius 1 is 1.04 bits per heavy atom. The van der Waals surface area contributed by atoms with Crippen molar-refractivity contribution in [2.45, 2.75) is 6.42 Å². The van der Waals surface area contributed by atoms with Crippen molar-refractivity contribution in [1.82, 2.24) is 15.6 Å². The molecule has 2 rings (SSSR count). The molecule has 0 spiro atoms. The first-order valence-electron chi connectivity index (χ1n) is 7.14. The predicted octanol–water partition coefficient (Wildman–Crippen LogP) is 1.05. The standard InChI is InChI=1S/C15H16FN3O4S2/c1-25(22,23)17-9-8-12-6-7-13(24-12)15(21)19-18-14(20)10-2-4-11(16)5-3-10/h2-7,17H,8-9H2,1H3,(H,18,20)(H,19,21). The van der Waals surface area contributed by atoms with Gasteiger partial charge in [-0.05, 0) is 42.8 Å². The summed E-state index contributed by atoms with van der Waals surface area (Å²) in [4.78, 5) is 25.0. The number of amides is 2. The van der Waals surface area contributed by atoms with Gasteiger partial charge in [0.2, 0.25) is 10.0 Å². The lowest BCUT2D eigenvalue weighted by atomic mass is 10.2. The van der Waals surface area contributed by atoms with Crippen LogP contribution in [0.25, 0.3) is 0 Å². The van der Waals surface area contributed by atoms with Gasteiger partial charge < -0.3 is 0 Å². The normalized spacial score (nSPS) is 11.1. The Bertz CT molecular complexity index is 863. The molecule has 0 bridgehead atoms. The number of hydrogen-bond donors (Lipinski definition) is 3. The van der Waals surface area contributed by atoms with Crippen molar-refractivity contribution in [1.29, 1.82) is 0 Å². The summed E-state index contributed by atoms with van der Waals surface area (Å²) in [5.41, 5.74) is 4.72. The third-order valence-electron chi connectivity index (χ3n) is 3.02. The van der Waals surface area contributed by atoms with Gasteiger partial charge in [-0.2, -0.15) is 0 Å². The average molecular weight is 385 g/mol. The van der Waals surface area contributed by atoms with E-state index in [0.29, 0.717) is 11.3 Å². The summed E-state index contributed by atoms with van der Waals surface area (Å²) in [7, 11) is -3.25. The van der Waals surface area contributed by atoms with Crippen LogP contribution in [0.15, 0.2) is 36.4 Å². The summed E-state index contributed by atoms with van der Waals surface area (Å²) in [6, 6.07) is 8.19. The third-order valence-corrected chi connectivity index (χ3v) is 4.89. The number of thiophene rings is 1. The zero-order valence-corrected chi connectivity index (χ0v) is 14.8. The molecule has 1 heterocycles. The topological polar surface area (TPSA) is 104 Å². The van der Waals surface area contributed by atoms with Crippen LogP contribution in [-0.2, 0) is 16.4 Å². The van der Waals surface area contributed by atoms with Crippen molar-refractivity contribution < 1.29 is 22.4 Å². The molecular formula is C15H16FN3O4S2. The summed E-state index contributed by atoms with van der Waals surface area (Å²) in [6.07, 6.45) is 1.52. The molecule has 0 radical (unpaired) electrons. The van der Waals surface area contributed by atoms with E-state index in [1.165, 1.54) is 23.5 Å². The Labute approximate surface area is 148 Å². The number of hydrazine groups is 1. The largest absolute Gasteiger partial charge is 0.279 e. The van der Waals surface area contributed by atoms with Crippen LogP contribution in [0.1, 0.15) is 24.9 Å². The molecule has 0 aliphatic heterocycles. The minimum Gasteiger partial charge on any atom is -0.267 e. The summed E-state index contributed by atoms with van der Waals surface area (Å²) >= 11 is 1.19. The number of halogens is 1. The Kier molecular flexibility index (Phi) is 6.23. The molecule has 134 valence electrons. The molecule has 3 N–H and O–H groups in total. The van der Waals surface area contributed by atoms with Crippen LogP contribution in [0, 0.1) is 5.82 Å². The molecule has 0 saturated heterocycles. The quantitative estimate of drug-likeness (QED) is 0.647. The fourth-order valence-electron chi connectivity index (χ4n) is 1.84. The molecular weight excluding hydrogens is 369 g/mol. The first-order valence-corrected chi connectivity index (χ1v) is 9.85. The van der Waals surface area contributed by atoms with Gasteiger partial charge in [-0.25, -0.2) is 17.5 Å². The van der Waals surface area contributed by atoms with Gasteiger partial charge >= 0.3 is 0 Å². The zero-order valence-electron chi connectivity index (χ0n) is 13.2. The highest BCUT2D eigenvalue weighted by Crippen LogP contribution is 2.16. The van der Waals surface area contributed by atoms with Gasteiger partial charge in [0.05, 0.1) is 11.1 Å². The number of sulfonamides is 1. The van der Waals surface area contributed by atoms with E-state index >= 15 is 0 Å². The maximum atomic E-state index is 12.8. The molecule has 10 heteroatoms. The SMILES string of the molecule is CS(=O)(=O)NCCc1ccc(C(=O)NNC(=O)c2ccc(F)cc2)s1. The Balaban J connectivity index is 1.84. The van der Waals surface area contributed by atoms with Crippen LogP contribution in [0.5, 0.6) is 0 Å². The smallest absolute Gasteiger partial charge is 0.267 e. The second kappa shape index (κ2) is 8.19. The van der Waals surface area contributed by atoms with Gasteiger partial charge in [-0.1, -0.05) is 0 Å². The summed E-state index contributed by atoms with van der Waals surface area (Å²) in [5.74, 6) is -1.53. The molecule has 0 unspecified atom stereocenters. The molecule has 1 aromatic heterocycles. The number of carbonyl (C=O) groups excluding carboxylic acids is 2. The van der Waals surface area contributed by atoms with Crippen LogP contribution in [0.4, 0.5) is 4.39 Å². The molecule has 0 aliphatic carbocycles. The molecule has 0 aliphatic rings. The van der Waals surface area contributed by atoms with E-state index in [1.54, 1.807) is 12.1 Å². The van der Waals surface area contributed by atoms with Crippen LogP contribution < -0.4 is 15.6 Å². The van der Waals surface area contributed by atoms with E-state index in [-0.39, 0.29) is 12.1 Å². The maximum absolute atomic E-state index is 12.8. The summed E-state index contributed by atoms with van der Waals surface area (Å²) in [6.45, 7) is 0.238. The fourth-order valence-corrected chi connectivity index (χ4v) is 3.22. The maximum Gasteiger partial charge on any atom is 0.279 e. The van der Waals surface area contributed by atoms with Gasteiger partial charge in [0.25, 0.3) is 11.8 Å². The van der Waals surface area contributed by atoms with Gasteiger partial charge in [0, 0.05) is 17.0 Å². The highest BCUT2D eigenvalue weighted by molar-refractivity contribution is 7.88. The van der Waals surface area contributed by atoms with Gasteiger partial charge in [-0.15, -0.1) is 11.3 Å². The second-order valence-corrected chi connectivity index (χ2v) is 8.10. The van der Waals surface area contributed by atoms with E-state index in [0.717, 1.165) is 23.3 Å². The molecule has 2 amide bonds. The van der Waals surface area contributed by atoms with Crippen molar-refractivity contribution in [2.24, 2.45) is 0 Å². The van der Waals surface area contributed by atoms with Crippen molar-refractivity contribution >= 4 is 33.2 Å². The highest BCUT2D eigenvalue weighted by atomic mass is 32.2. The summed E-state index contributed by atoms with van der Waals surface area (Å²) in [5, 5.41) is 0. The third kappa shape index (κ3) is 6.25. The Morgan fingerprint density at radius 2 is 1.68 bits per heavy atom. The number of rotatable bonds is 6. The number of carbonyl (C=O) groups is 2. The van der Waals surface area contributed by atoms with Crippen LogP contribution in [0.3, 0.4) is 0 Å². The van der Waals surface area contributed by atoms with E-state index in [4.69, 9.17) is 0 Å². The summed E-state index contributed by atoms with van der Waals surface area (Å²) < 4.78 is 37.1. The number of benzene rings is 1. The lowest BCUT2D eigenvalue weighted by Crippen LogP contribution is -2.41. The molecule has 0 saturated carbocycles. The van der Waals surface area contributed by atoms with E-state index in [1.807, 2.05) is 0 Å². The first kappa shape index (κ1) is 19.0. The van der Waals surface area contributed by atoms with Crippen LogP contribution in [-0.4, -0.2) is 33.0 Å². The lowest BCUT2D eigenvalue weighted by molar-refractivity contribution is 0.0849. The molecule has 1 aromatic carbocycles. The first-order chi connectivity index (χ1) is 11.7. The van der Waals surface area contributed by atoms with Crippen LogP contribution >= 0.6 is 11.3 Å². The lowest BCUT2D eigenvalue weighted by Gasteiger charge is -2.06. The molecule has 0 fully saturated rings. The Hall–Kier alpha value is -2.30. The predicted molar refractivity (Wildman–Crippen MR) is 92.2 cm³/mol. The van der Waals surface area contributed by atoms with Crippen molar-refractivity contribution in [3.63, 3.8) is 0 Å². The van der Waals surface area contributed by atoms with Crippen LogP contribution in [0.2, 0.25) is 0 Å². The minimum atomic E-state index is -3.25. The molecule has 7 nitrogen and oxygen atoms in total. The van der Waals surface area contributed by atoms with Crippen molar-refractivity contribution in [3.05, 3.63) is 57.5 Å². The van der Waals surface area contributed by atoms with E-state index in [9.17, 15) is 22.4 Å². The van der Waals surface area contributed by atoms with E-state index in [2.05, 4.69) is 15.6 Å². The minimum absolute atomic E-state index is 0.209. The van der Waals surface area contributed by atoms with Crippen molar-refractivity contribution in [2.75, 3.05) is 12.8 Å². The monoisotopic (exact) mass is 385 g/mol. The molecule has 25 heavy (non-hydrogen) atoms. The average Bonchev–Trinajstić information content (AvgIpc) is 3.00. The molecule has 0 atom stereocenters. The number of nitrogens with one attached hydrogen (secondary N) is 3. The zero-order chi connectivity index (χ0) is 18.4. The highest BCUT2D eigenvalue weighted by Gasteiger charge is 2.12. The van der Waals surface area contributed by atoms with Gasteiger partial charge in [0.1, 0.15) is 5.82 Å². The fraction of sp³-hybridized carbons (Fsp3) is 0.200. The molecule has 2 aromatic rings. The van der Waals surface area contributed by atoms with Crippen molar-refractivity contribution in [3.8, 4) is 0 Å². The van der Waals surface area contributed by atoms with E-state index < -0.39 is 27.7 Å². The second-order valence-electron chi connectivity index (χ2n) is 5.10. The van der Waals surface area contributed by atoms with Gasteiger partial charge in [-0.3, -0.25) is 20.4 Å².